The van der Waals surface area contributed by atoms with Crippen LogP contribution in [-0.2, 0) is 4.79 Å². The van der Waals surface area contributed by atoms with Gasteiger partial charge in [0.2, 0.25) is 5.91 Å². The molecule has 5 aliphatic carbocycles. The van der Waals surface area contributed by atoms with Crippen molar-refractivity contribution in [2.24, 2.45) is 17.8 Å². The second kappa shape index (κ2) is 8.13. The van der Waals surface area contributed by atoms with Gasteiger partial charge in [-0.3, -0.25) is 4.79 Å². The molecule has 0 spiro atoms. The third kappa shape index (κ3) is 4.23. The first-order valence-electron chi connectivity index (χ1n) is 11.8. The Bertz CT molecular complexity index is 766. The molecule has 1 aromatic heterocycles. The number of carbonyl (C=O) groups is 2. The first-order valence-corrected chi connectivity index (χ1v) is 12.7. The van der Waals surface area contributed by atoms with Gasteiger partial charge in [-0.2, -0.15) is 0 Å². The predicted octanol–water partition coefficient (Wildman–Crippen LogP) is 4.70. The standard InChI is InChI=1S/C23H34N4O2S/c1-15-14-30-21(24-15)25-20(28)13-27(19-5-3-2-4-6-19)22(29)26-23-10-16-7-17(11-23)9-18(8-16)12-23/h14,16-19H,2-13H2,1H3,(H,26,29)(H,24,25,28). The third-order valence-electron chi connectivity index (χ3n) is 7.87. The summed E-state index contributed by atoms with van der Waals surface area (Å²) in [5.41, 5.74) is 0.876. The molecule has 164 valence electrons. The molecular formula is C23H34N4O2S. The second-order valence-electron chi connectivity index (χ2n) is 10.4. The van der Waals surface area contributed by atoms with Gasteiger partial charge in [-0.05, 0) is 76.0 Å². The van der Waals surface area contributed by atoms with E-state index in [1.54, 1.807) is 0 Å². The lowest BCUT2D eigenvalue weighted by Gasteiger charge is -2.57. The summed E-state index contributed by atoms with van der Waals surface area (Å²) < 4.78 is 0. The number of urea groups is 1. The monoisotopic (exact) mass is 430 g/mol. The van der Waals surface area contributed by atoms with Crippen LogP contribution in [0, 0.1) is 24.7 Å². The van der Waals surface area contributed by atoms with Crippen LogP contribution in [0.5, 0.6) is 0 Å². The van der Waals surface area contributed by atoms with Crippen LogP contribution in [0.3, 0.4) is 0 Å². The van der Waals surface area contributed by atoms with Gasteiger partial charge >= 0.3 is 6.03 Å². The van der Waals surface area contributed by atoms with Gasteiger partial charge in [0.1, 0.15) is 6.54 Å². The molecule has 1 heterocycles. The van der Waals surface area contributed by atoms with Gasteiger partial charge in [-0.15, -0.1) is 11.3 Å². The maximum atomic E-state index is 13.5. The molecule has 0 saturated heterocycles. The topological polar surface area (TPSA) is 74.3 Å². The van der Waals surface area contributed by atoms with Crippen molar-refractivity contribution in [1.29, 1.82) is 0 Å². The van der Waals surface area contributed by atoms with Gasteiger partial charge in [0, 0.05) is 17.0 Å². The lowest BCUT2D eigenvalue weighted by Crippen LogP contribution is -2.63. The van der Waals surface area contributed by atoms with Crippen molar-refractivity contribution in [3.8, 4) is 0 Å². The number of carbonyl (C=O) groups excluding carboxylic acids is 2. The Balaban J connectivity index is 1.28. The highest BCUT2D eigenvalue weighted by atomic mass is 32.1. The lowest BCUT2D eigenvalue weighted by atomic mass is 9.53. The molecule has 5 aliphatic rings. The first kappa shape index (κ1) is 20.3. The van der Waals surface area contributed by atoms with E-state index in [-0.39, 0.29) is 30.1 Å². The molecule has 6 nitrogen and oxygen atoms in total. The Hall–Kier alpha value is -1.63. The van der Waals surface area contributed by atoms with Gasteiger partial charge in [0.25, 0.3) is 0 Å². The van der Waals surface area contributed by atoms with Crippen LogP contribution in [0.1, 0.15) is 76.3 Å². The minimum absolute atomic E-state index is 0.0191. The number of amides is 3. The first-order chi connectivity index (χ1) is 14.5. The van der Waals surface area contributed by atoms with Crippen molar-refractivity contribution < 1.29 is 9.59 Å². The van der Waals surface area contributed by atoms with Crippen LogP contribution in [0.4, 0.5) is 9.93 Å². The second-order valence-corrected chi connectivity index (χ2v) is 11.2. The quantitative estimate of drug-likeness (QED) is 0.711. The molecule has 0 unspecified atom stereocenters. The summed E-state index contributed by atoms with van der Waals surface area (Å²) in [5.74, 6) is 2.22. The average Bonchev–Trinajstić information content (AvgIpc) is 3.09. The molecule has 2 N–H and O–H groups in total. The Labute approximate surface area is 183 Å². The summed E-state index contributed by atoms with van der Waals surface area (Å²) in [6, 6.07) is 0.144. The Kier molecular flexibility index (Phi) is 5.50. The molecule has 30 heavy (non-hydrogen) atoms. The van der Waals surface area contributed by atoms with Crippen LogP contribution < -0.4 is 10.6 Å². The summed E-state index contributed by atoms with van der Waals surface area (Å²) in [7, 11) is 0. The van der Waals surface area contributed by atoms with E-state index < -0.39 is 0 Å². The average molecular weight is 431 g/mol. The normalized spacial score (nSPS) is 32.8. The predicted molar refractivity (Wildman–Crippen MR) is 118 cm³/mol. The largest absolute Gasteiger partial charge is 0.333 e. The minimum Gasteiger partial charge on any atom is -0.333 e. The van der Waals surface area contributed by atoms with Crippen LogP contribution in [-0.4, -0.2) is 39.9 Å². The molecule has 4 bridgehead atoms. The summed E-state index contributed by atoms with van der Waals surface area (Å²) in [6.07, 6.45) is 13.0. The number of nitrogens with zero attached hydrogens (tertiary/aromatic N) is 2. The number of rotatable bonds is 5. The summed E-state index contributed by atoms with van der Waals surface area (Å²) in [5, 5.41) is 8.92. The van der Waals surface area contributed by atoms with Gasteiger partial charge in [-0.1, -0.05) is 19.3 Å². The lowest BCUT2D eigenvalue weighted by molar-refractivity contribution is -0.117. The number of hydrogen-bond donors (Lipinski definition) is 2. The fraction of sp³-hybridized carbons (Fsp3) is 0.783. The molecule has 5 fully saturated rings. The van der Waals surface area contributed by atoms with E-state index in [2.05, 4.69) is 15.6 Å². The molecular weight excluding hydrogens is 396 g/mol. The van der Waals surface area contributed by atoms with Crippen molar-refractivity contribution in [2.75, 3.05) is 11.9 Å². The van der Waals surface area contributed by atoms with E-state index in [1.807, 2.05) is 17.2 Å². The van der Waals surface area contributed by atoms with Crippen molar-refractivity contribution in [1.82, 2.24) is 15.2 Å². The number of aryl methyl sites for hydroxylation is 1. The zero-order valence-electron chi connectivity index (χ0n) is 18.0. The number of nitrogens with one attached hydrogen (secondary N) is 2. The fourth-order valence-electron chi connectivity index (χ4n) is 7.05. The molecule has 3 amide bonds. The molecule has 0 aromatic carbocycles. The summed E-state index contributed by atoms with van der Waals surface area (Å²) >= 11 is 1.43. The van der Waals surface area contributed by atoms with Gasteiger partial charge < -0.3 is 15.5 Å². The zero-order chi connectivity index (χ0) is 20.7. The Morgan fingerprint density at radius 3 is 2.30 bits per heavy atom. The maximum absolute atomic E-state index is 13.5. The van der Waals surface area contributed by atoms with E-state index in [1.165, 1.54) is 37.0 Å². The minimum atomic E-state index is -0.143. The van der Waals surface area contributed by atoms with Gasteiger partial charge in [-0.25, -0.2) is 9.78 Å². The summed E-state index contributed by atoms with van der Waals surface area (Å²) in [6.45, 7) is 2.03. The molecule has 5 saturated carbocycles. The van der Waals surface area contributed by atoms with Crippen LogP contribution >= 0.6 is 11.3 Å². The number of anilines is 1. The SMILES string of the molecule is Cc1csc(NC(=O)CN(C(=O)NC23CC4CC(CC(C4)C2)C3)C2CCCCC2)n1. The molecule has 0 radical (unpaired) electrons. The number of thiazole rings is 1. The van der Waals surface area contributed by atoms with E-state index in [4.69, 9.17) is 0 Å². The highest BCUT2D eigenvalue weighted by Gasteiger charge is 2.52. The molecule has 0 atom stereocenters. The highest BCUT2D eigenvalue weighted by Crippen LogP contribution is 2.55. The molecule has 6 rings (SSSR count). The highest BCUT2D eigenvalue weighted by molar-refractivity contribution is 7.13. The third-order valence-corrected chi connectivity index (χ3v) is 8.74. The smallest absolute Gasteiger partial charge is 0.318 e. The Morgan fingerprint density at radius 2 is 1.73 bits per heavy atom. The van der Waals surface area contributed by atoms with Gasteiger partial charge in [0.05, 0.1) is 5.69 Å². The Morgan fingerprint density at radius 1 is 1.10 bits per heavy atom. The molecule has 7 heteroatoms. The van der Waals surface area contributed by atoms with Crippen molar-refractivity contribution in [2.45, 2.75) is 89.1 Å². The van der Waals surface area contributed by atoms with Gasteiger partial charge in [0.15, 0.2) is 5.13 Å². The van der Waals surface area contributed by atoms with Crippen molar-refractivity contribution in [3.05, 3.63) is 11.1 Å². The van der Waals surface area contributed by atoms with Crippen LogP contribution in [0.2, 0.25) is 0 Å². The molecule has 1 aromatic rings. The van der Waals surface area contributed by atoms with Crippen LogP contribution in [0.15, 0.2) is 5.38 Å². The number of hydrogen-bond acceptors (Lipinski definition) is 4. The maximum Gasteiger partial charge on any atom is 0.318 e. The van der Waals surface area contributed by atoms with E-state index in [0.29, 0.717) is 5.13 Å². The van der Waals surface area contributed by atoms with Crippen molar-refractivity contribution >= 4 is 28.4 Å². The summed E-state index contributed by atoms with van der Waals surface area (Å²) in [4.78, 5) is 32.5. The van der Waals surface area contributed by atoms with E-state index in [0.717, 1.165) is 68.4 Å². The van der Waals surface area contributed by atoms with Crippen molar-refractivity contribution in [3.63, 3.8) is 0 Å². The van der Waals surface area contributed by atoms with Crippen LogP contribution in [0.25, 0.3) is 0 Å². The zero-order valence-corrected chi connectivity index (χ0v) is 18.8. The van der Waals surface area contributed by atoms with E-state index in [9.17, 15) is 9.59 Å². The molecule has 0 aliphatic heterocycles. The fourth-order valence-corrected chi connectivity index (χ4v) is 7.75. The van der Waals surface area contributed by atoms with E-state index >= 15 is 0 Å². The number of aromatic nitrogens is 1.